The molecule has 0 amide bonds. The summed E-state index contributed by atoms with van der Waals surface area (Å²) in [4.78, 5) is 22.2. The van der Waals surface area contributed by atoms with Crippen molar-refractivity contribution < 1.29 is 4.79 Å². The highest BCUT2D eigenvalue weighted by Crippen LogP contribution is 2.45. The van der Waals surface area contributed by atoms with Crippen molar-refractivity contribution in [1.82, 2.24) is 19.7 Å². The van der Waals surface area contributed by atoms with Crippen LogP contribution in [-0.4, -0.2) is 25.5 Å². The molecule has 0 radical (unpaired) electrons. The van der Waals surface area contributed by atoms with Gasteiger partial charge in [0.15, 0.2) is 5.78 Å². The average Bonchev–Trinajstić information content (AvgIpc) is 3.13. The number of carbonyl (C=O) groups excluding carboxylic acids is 1. The van der Waals surface area contributed by atoms with Gasteiger partial charge in [0.05, 0.1) is 0 Å². The molecule has 3 heterocycles. The van der Waals surface area contributed by atoms with E-state index in [1.54, 1.807) is 18.0 Å². The first-order valence-corrected chi connectivity index (χ1v) is 11.1. The van der Waals surface area contributed by atoms with E-state index < -0.39 is 0 Å². The van der Waals surface area contributed by atoms with Gasteiger partial charge in [-0.05, 0) is 29.0 Å². The molecule has 0 spiro atoms. The fraction of sp³-hybridized carbons (Fsp3) is 0.304. The molecule has 0 saturated heterocycles. The van der Waals surface area contributed by atoms with Crippen molar-refractivity contribution in [3.05, 3.63) is 77.3 Å². The van der Waals surface area contributed by atoms with E-state index >= 15 is 0 Å². The van der Waals surface area contributed by atoms with Crippen LogP contribution in [0.3, 0.4) is 0 Å². The molecule has 7 heteroatoms. The third-order valence-corrected chi connectivity index (χ3v) is 6.43. The van der Waals surface area contributed by atoms with E-state index in [0.29, 0.717) is 17.5 Å². The topological polar surface area (TPSA) is 72.7 Å². The number of nitrogens with zero attached hydrogens (tertiary/aromatic N) is 4. The Morgan fingerprint density at radius 2 is 2.00 bits per heavy atom. The van der Waals surface area contributed by atoms with Crippen LogP contribution >= 0.6 is 11.8 Å². The molecule has 1 N–H and O–H groups in total. The lowest BCUT2D eigenvalue weighted by Gasteiger charge is -2.38. The van der Waals surface area contributed by atoms with E-state index in [9.17, 15) is 4.79 Å². The highest BCUT2D eigenvalue weighted by atomic mass is 32.2. The van der Waals surface area contributed by atoms with E-state index in [1.165, 1.54) is 5.56 Å². The second-order valence-corrected chi connectivity index (χ2v) is 9.53. The van der Waals surface area contributed by atoms with E-state index in [4.69, 9.17) is 10.1 Å². The predicted octanol–water partition coefficient (Wildman–Crippen LogP) is 4.62. The lowest BCUT2D eigenvalue weighted by Crippen LogP contribution is -2.36. The van der Waals surface area contributed by atoms with Crippen LogP contribution in [0.15, 0.2) is 71.3 Å². The summed E-state index contributed by atoms with van der Waals surface area (Å²) < 4.78 is 1.85. The summed E-state index contributed by atoms with van der Waals surface area (Å²) in [5.41, 5.74) is 3.85. The number of anilines is 1. The first kappa shape index (κ1) is 19.1. The maximum absolute atomic E-state index is 13.2. The number of benzene rings is 1. The first-order valence-electron chi connectivity index (χ1n) is 10.1. The lowest BCUT2D eigenvalue weighted by molar-refractivity contribution is -0.118. The zero-order valence-corrected chi connectivity index (χ0v) is 17.8. The molecule has 1 atom stereocenters. The van der Waals surface area contributed by atoms with Crippen LogP contribution in [0.4, 0.5) is 5.95 Å². The minimum absolute atomic E-state index is 0.0739. The van der Waals surface area contributed by atoms with Gasteiger partial charge in [0.1, 0.15) is 6.04 Å². The zero-order valence-electron chi connectivity index (χ0n) is 17.0. The standard InChI is InChI=1S/C23H23N5OS/c1-23(2)11-17-19(18(29)12-23)20(16-9-6-10-24-13-16)28-21(25-17)26-22(27-28)30-14-15-7-4-3-5-8-15/h3-10,13,20H,11-12,14H2,1-2H3,(H,25,26,27)/t20-/m1/s1. The Balaban J connectivity index is 1.53. The molecule has 0 bridgehead atoms. The maximum atomic E-state index is 13.2. The van der Waals surface area contributed by atoms with Crippen LogP contribution in [0.25, 0.3) is 0 Å². The van der Waals surface area contributed by atoms with Crippen LogP contribution in [0.5, 0.6) is 0 Å². The van der Waals surface area contributed by atoms with Crippen LogP contribution in [0.2, 0.25) is 0 Å². The van der Waals surface area contributed by atoms with Crippen molar-refractivity contribution in [2.75, 3.05) is 5.32 Å². The minimum Gasteiger partial charge on any atom is -0.328 e. The summed E-state index contributed by atoms with van der Waals surface area (Å²) in [6.07, 6.45) is 4.90. The summed E-state index contributed by atoms with van der Waals surface area (Å²) in [7, 11) is 0. The van der Waals surface area contributed by atoms with E-state index in [-0.39, 0.29) is 17.2 Å². The van der Waals surface area contributed by atoms with Gasteiger partial charge in [-0.2, -0.15) is 4.98 Å². The van der Waals surface area contributed by atoms with Crippen LogP contribution in [0, 0.1) is 5.41 Å². The van der Waals surface area contributed by atoms with Gasteiger partial charge in [0, 0.05) is 35.8 Å². The van der Waals surface area contributed by atoms with Crippen molar-refractivity contribution in [3.8, 4) is 0 Å². The Labute approximate surface area is 179 Å². The largest absolute Gasteiger partial charge is 0.328 e. The van der Waals surface area contributed by atoms with Gasteiger partial charge in [0.2, 0.25) is 11.1 Å². The Hall–Kier alpha value is -2.93. The number of allylic oxidation sites excluding steroid dienone is 2. The maximum Gasteiger partial charge on any atom is 0.227 e. The monoisotopic (exact) mass is 417 g/mol. The van der Waals surface area contributed by atoms with Gasteiger partial charge in [-0.1, -0.05) is 62.0 Å². The van der Waals surface area contributed by atoms with Gasteiger partial charge in [0.25, 0.3) is 0 Å². The third kappa shape index (κ3) is 3.54. The van der Waals surface area contributed by atoms with Crippen LogP contribution in [0.1, 0.15) is 43.9 Å². The molecule has 2 aliphatic rings. The predicted molar refractivity (Wildman–Crippen MR) is 117 cm³/mol. The molecular weight excluding hydrogens is 394 g/mol. The van der Waals surface area contributed by atoms with Gasteiger partial charge in [-0.25, -0.2) is 4.68 Å². The SMILES string of the molecule is CC1(C)CC(=O)C2=C(C1)Nc1nc(SCc3ccccc3)nn1[C@@H]2c1cccnc1. The van der Waals surface area contributed by atoms with E-state index in [0.717, 1.165) is 29.0 Å². The van der Waals surface area contributed by atoms with Crippen molar-refractivity contribution >= 4 is 23.5 Å². The molecule has 1 aliphatic heterocycles. The third-order valence-electron chi connectivity index (χ3n) is 5.52. The summed E-state index contributed by atoms with van der Waals surface area (Å²) in [6.45, 7) is 4.27. The van der Waals surface area contributed by atoms with Crippen molar-refractivity contribution in [3.63, 3.8) is 0 Å². The number of fused-ring (bicyclic) bond motifs is 1. The smallest absolute Gasteiger partial charge is 0.227 e. The Bertz CT molecular complexity index is 1120. The number of nitrogens with one attached hydrogen (secondary N) is 1. The second kappa shape index (κ2) is 7.40. The number of hydrogen-bond donors (Lipinski definition) is 1. The molecule has 152 valence electrons. The first-order chi connectivity index (χ1) is 14.5. The Morgan fingerprint density at radius 3 is 2.77 bits per heavy atom. The molecule has 5 rings (SSSR count). The van der Waals surface area contributed by atoms with Crippen molar-refractivity contribution in [1.29, 1.82) is 0 Å². The van der Waals surface area contributed by atoms with Gasteiger partial charge < -0.3 is 5.32 Å². The number of Topliss-reactive ketones (excluding diaryl/α,β-unsaturated/α-hetero) is 1. The molecule has 1 aliphatic carbocycles. The minimum atomic E-state index is -0.299. The second-order valence-electron chi connectivity index (χ2n) is 8.58. The number of carbonyl (C=O) groups is 1. The fourth-order valence-electron chi connectivity index (χ4n) is 4.22. The number of aromatic nitrogens is 4. The number of rotatable bonds is 4. The molecule has 1 aromatic carbocycles. The van der Waals surface area contributed by atoms with Gasteiger partial charge in [-0.3, -0.25) is 9.78 Å². The highest BCUT2D eigenvalue weighted by molar-refractivity contribution is 7.98. The molecule has 0 saturated carbocycles. The van der Waals surface area contributed by atoms with E-state index in [2.05, 4.69) is 36.3 Å². The van der Waals surface area contributed by atoms with Crippen LogP contribution in [-0.2, 0) is 10.5 Å². The molecular formula is C23H23N5OS. The normalized spacial score (nSPS) is 19.8. The Kier molecular flexibility index (Phi) is 4.70. The molecule has 0 fully saturated rings. The van der Waals surface area contributed by atoms with Crippen LogP contribution < -0.4 is 5.32 Å². The molecule has 2 aromatic heterocycles. The highest BCUT2D eigenvalue weighted by Gasteiger charge is 2.41. The van der Waals surface area contributed by atoms with Gasteiger partial charge >= 0.3 is 0 Å². The Morgan fingerprint density at radius 1 is 1.17 bits per heavy atom. The van der Waals surface area contributed by atoms with Gasteiger partial charge in [-0.15, -0.1) is 5.10 Å². The number of hydrogen-bond acceptors (Lipinski definition) is 6. The average molecular weight is 418 g/mol. The van der Waals surface area contributed by atoms with E-state index in [1.807, 2.05) is 41.2 Å². The quantitative estimate of drug-likeness (QED) is 0.624. The lowest BCUT2D eigenvalue weighted by atomic mass is 9.73. The number of pyridine rings is 1. The number of ketones is 1. The number of thioether (sulfide) groups is 1. The fourth-order valence-corrected chi connectivity index (χ4v) is 5.00. The zero-order chi connectivity index (χ0) is 20.7. The summed E-state index contributed by atoms with van der Waals surface area (Å²) in [5, 5.41) is 8.89. The molecule has 30 heavy (non-hydrogen) atoms. The summed E-state index contributed by atoms with van der Waals surface area (Å²) >= 11 is 1.60. The summed E-state index contributed by atoms with van der Waals surface area (Å²) in [6, 6.07) is 13.9. The summed E-state index contributed by atoms with van der Waals surface area (Å²) in [5.74, 6) is 1.65. The van der Waals surface area contributed by atoms with Crippen molar-refractivity contribution in [2.24, 2.45) is 5.41 Å². The molecule has 0 unspecified atom stereocenters. The van der Waals surface area contributed by atoms with Crippen molar-refractivity contribution in [2.45, 2.75) is 43.6 Å². The molecule has 3 aromatic rings. The molecule has 6 nitrogen and oxygen atoms in total.